The molecule has 0 aromatic heterocycles. The van der Waals surface area contributed by atoms with Gasteiger partial charge < -0.3 is 35.8 Å². The average molecular weight is 405 g/mol. The lowest BCUT2D eigenvalue weighted by molar-refractivity contribution is -0.271. The van der Waals surface area contributed by atoms with Gasteiger partial charge in [0.1, 0.15) is 24.4 Å². The molecule has 1 aliphatic heterocycles. The van der Waals surface area contributed by atoms with Crippen LogP contribution >= 0.6 is 0 Å². The molecule has 1 rings (SSSR count). The van der Waals surface area contributed by atoms with Crippen molar-refractivity contribution < 1.29 is 29.6 Å². The van der Waals surface area contributed by atoms with Crippen molar-refractivity contribution in [3.05, 3.63) is 0 Å². The number of hydrogen-bond acceptors (Lipinski definition) is 7. The molecule has 8 heteroatoms. The minimum Gasteiger partial charge on any atom is -0.394 e. The van der Waals surface area contributed by atoms with Gasteiger partial charge in [-0.25, -0.2) is 0 Å². The van der Waals surface area contributed by atoms with Gasteiger partial charge in [-0.05, 0) is 6.42 Å². The first kappa shape index (κ1) is 25.3. The molecule has 6 atom stereocenters. The molecule has 1 fully saturated rings. The van der Waals surface area contributed by atoms with Gasteiger partial charge in [-0.3, -0.25) is 4.79 Å². The molecule has 1 amide bonds. The third kappa shape index (κ3) is 9.15. The normalized spacial score (nSPS) is 28.9. The molecule has 1 aliphatic rings. The Morgan fingerprint density at radius 3 is 2.29 bits per heavy atom. The number of aliphatic hydroxyl groups is 3. The van der Waals surface area contributed by atoms with Crippen LogP contribution in [0.4, 0.5) is 0 Å². The quantitative estimate of drug-likeness (QED) is 0.270. The van der Waals surface area contributed by atoms with Crippen molar-refractivity contribution >= 4 is 5.91 Å². The molecule has 1 saturated heterocycles. The van der Waals surface area contributed by atoms with Crippen LogP contribution in [0.5, 0.6) is 0 Å². The third-order valence-corrected chi connectivity index (χ3v) is 5.15. The van der Waals surface area contributed by atoms with Crippen molar-refractivity contribution in [1.29, 1.82) is 0 Å². The van der Waals surface area contributed by atoms with E-state index < -0.39 is 37.3 Å². The summed E-state index contributed by atoms with van der Waals surface area (Å²) in [5, 5.41) is 32.1. The smallest absolute Gasteiger partial charge is 0.217 e. The molecule has 0 aliphatic carbocycles. The van der Waals surface area contributed by atoms with Crippen LogP contribution < -0.4 is 11.1 Å². The average Bonchev–Trinajstić information content (AvgIpc) is 2.66. The van der Waals surface area contributed by atoms with Gasteiger partial charge >= 0.3 is 0 Å². The topological polar surface area (TPSA) is 134 Å². The highest BCUT2D eigenvalue weighted by molar-refractivity contribution is 5.73. The summed E-state index contributed by atoms with van der Waals surface area (Å²) in [7, 11) is 0. The summed E-state index contributed by atoms with van der Waals surface area (Å²) in [4.78, 5) is 11.4. The summed E-state index contributed by atoms with van der Waals surface area (Å²) in [6.45, 7) is 3.27. The van der Waals surface area contributed by atoms with Gasteiger partial charge in [-0.15, -0.1) is 0 Å². The highest BCUT2D eigenvalue weighted by atomic mass is 16.7. The van der Waals surface area contributed by atoms with E-state index in [2.05, 4.69) is 12.2 Å². The third-order valence-electron chi connectivity index (χ3n) is 5.15. The maximum atomic E-state index is 11.4. The summed E-state index contributed by atoms with van der Waals surface area (Å²) < 4.78 is 11.2. The summed E-state index contributed by atoms with van der Waals surface area (Å²) in [5.41, 5.74) is 6.12. The van der Waals surface area contributed by atoms with Crippen LogP contribution in [-0.2, 0) is 14.3 Å². The number of aliphatic hydroxyl groups excluding tert-OH is 3. The number of carbonyl (C=O) groups excluding carboxylic acids is 1. The Balaban J connectivity index is 2.33. The molecule has 0 saturated carbocycles. The van der Waals surface area contributed by atoms with E-state index in [9.17, 15) is 20.1 Å². The molecule has 1 heterocycles. The first-order valence-electron chi connectivity index (χ1n) is 10.7. The van der Waals surface area contributed by atoms with Gasteiger partial charge in [0.15, 0.2) is 6.29 Å². The second-order valence-electron chi connectivity index (χ2n) is 7.79. The molecule has 6 N–H and O–H groups in total. The van der Waals surface area contributed by atoms with E-state index in [-0.39, 0.29) is 18.6 Å². The number of carbonyl (C=O) groups is 1. The monoisotopic (exact) mass is 404 g/mol. The summed E-state index contributed by atoms with van der Waals surface area (Å²) in [5.74, 6) is -0.376. The Morgan fingerprint density at radius 2 is 1.71 bits per heavy atom. The highest BCUT2D eigenvalue weighted by Gasteiger charge is 2.45. The molecule has 0 radical (unpaired) electrons. The van der Waals surface area contributed by atoms with Crippen molar-refractivity contribution in [2.45, 2.75) is 108 Å². The SMILES string of the molecule is CCCCCCCCCCC(N)CO[C@@H]1OC(CO)[C@@H](O)[C@H](O)C1NC(C)=O. The predicted molar refractivity (Wildman–Crippen MR) is 107 cm³/mol. The number of amides is 1. The van der Waals surface area contributed by atoms with E-state index in [0.717, 1.165) is 19.3 Å². The van der Waals surface area contributed by atoms with Crippen molar-refractivity contribution in [2.75, 3.05) is 13.2 Å². The van der Waals surface area contributed by atoms with Crippen LogP contribution in [0.25, 0.3) is 0 Å². The van der Waals surface area contributed by atoms with Crippen molar-refractivity contribution in [3.63, 3.8) is 0 Å². The van der Waals surface area contributed by atoms with Crippen LogP contribution in [0.1, 0.15) is 71.6 Å². The van der Waals surface area contributed by atoms with Crippen LogP contribution in [-0.4, -0.2) is 71.1 Å². The molecule has 3 unspecified atom stereocenters. The van der Waals surface area contributed by atoms with Gasteiger partial charge in [-0.1, -0.05) is 58.3 Å². The fourth-order valence-electron chi connectivity index (χ4n) is 3.46. The predicted octanol–water partition coefficient (Wildman–Crippen LogP) is 0.805. The zero-order chi connectivity index (χ0) is 20.9. The minimum atomic E-state index is -1.31. The lowest BCUT2D eigenvalue weighted by Gasteiger charge is -2.42. The molecule has 28 heavy (non-hydrogen) atoms. The summed E-state index contributed by atoms with van der Waals surface area (Å²) in [6, 6.07) is -1.11. The number of nitrogens with two attached hydrogens (primary N) is 1. The lowest BCUT2D eigenvalue weighted by Crippen LogP contribution is -2.64. The van der Waals surface area contributed by atoms with Crippen molar-refractivity contribution in [2.24, 2.45) is 5.73 Å². The Kier molecular flexibility index (Phi) is 12.9. The number of unbranched alkanes of at least 4 members (excludes halogenated alkanes) is 7. The second-order valence-corrected chi connectivity index (χ2v) is 7.79. The van der Waals surface area contributed by atoms with E-state index in [0.29, 0.717) is 0 Å². The van der Waals surface area contributed by atoms with Gasteiger partial charge in [0.05, 0.1) is 13.2 Å². The molecule has 0 bridgehead atoms. The second kappa shape index (κ2) is 14.3. The first-order chi connectivity index (χ1) is 13.4. The van der Waals surface area contributed by atoms with E-state index in [1.807, 2.05) is 0 Å². The van der Waals surface area contributed by atoms with Gasteiger partial charge in [0.2, 0.25) is 5.91 Å². The fourth-order valence-corrected chi connectivity index (χ4v) is 3.46. The number of ether oxygens (including phenoxy) is 2. The Hall–Kier alpha value is -0.770. The zero-order valence-electron chi connectivity index (χ0n) is 17.4. The van der Waals surface area contributed by atoms with Gasteiger partial charge in [-0.2, -0.15) is 0 Å². The van der Waals surface area contributed by atoms with E-state index in [1.165, 1.54) is 45.4 Å². The van der Waals surface area contributed by atoms with Crippen LogP contribution in [0, 0.1) is 0 Å². The summed E-state index contributed by atoms with van der Waals surface area (Å²) in [6.07, 6.45) is 6.09. The molecule has 8 nitrogen and oxygen atoms in total. The van der Waals surface area contributed by atoms with Gasteiger partial charge in [0.25, 0.3) is 0 Å². The first-order valence-corrected chi connectivity index (χ1v) is 10.7. The van der Waals surface area contributed by atoms with E-state index in [1.54, 1.807) is 0 Å². The van der Waals surface area contributed by atoms with E-state index >= 15 is 0 Å². The van der Waals surface area contributed by atoms with Crippen LogP contribution in [0.2, 0.25) is 0 Å². The largest absolute Gasteiger partial charge is 0.394 e. The molecule has 0 spiro atoms. The maximum absolute atomic E-state index is 11.4. The highest BCUT2D eigenvalue weighted by Crippen LogP contribution is 2.22. The van der Waals surface area contributed by atoms with Crippen molar-refractivity contribution in [1.82, 2.24) is 5.32 Å². The Bertz CT molecular complexity index is 426. The molecule has 0 aromatic rings. The molecule has 0 aromatic carbocycles. The number of rotatable bonds is 14. The van der Waals surface area contributed by atoms with Crippen LogP contribution in [0.3, 0.4) is 0 Å². The number of nitrogens with one attached hydrogen (secondary N) is 1. The lowest BCUT2D eigenvalue weighted by atomic mass is 9.97. The molecular weight excluding hydrogens is 364 g/mol. The molecule has 166 valence electrons. The summed E-state index contributed by atoms with van der Waals surface area (Å²) >= 11 is 0. The van der Waals surface area contributed by atoms with Gasteiger partial charge in [0, 0.05) is 13.0 Å². The minimum absolute atomic E-state index is 0.182. The Labute approximate surface area is 168 Å². The molecular formula is C20H40N2O6. The number of hydrogen-bond donors (Lipinski definition) is 5. The van der Waals surface area contributed by atoms with Crippen LogP contribution in [0.15, 0.2) is 0 Å². The zero-order valence-corrected chi connectivity index (χ0v) is 17.4. The fraction of sp³-hybridized carbons (Fsp3) is 0.950. The van der Waals surface area contributed by atoms with E-state index in [4.69, 9.17) is 15.2 Å². The standard InChI is InChI=1S/C20H40N2O6/c1-3-4-5-6-7-8-9-10-11-15(21)13-27-20-17(22-14(2)24)19(26)18(25)16(12-23)28-20/h15-20,23,25-26H,3-13,21H2,1-2H3,(H,22,24)/t15?,16?,17?,18-,19-,20-/m1/s1. The Morgan fingerprint density at radius 1 is 1.11 bits per heavy atom. The van der Waals surface area contributed by atoms with Crippen molar-refractivity contribution in [3.8, 4) is 0 Å². The maximum Gasteiger partial charge on any atom is 0.217 e.